The Morgan fingerprint density at radius 1 is 0.968 bits per heavy atom. The van der Waals surface area contributed by atoms with E-state index in [0.29, 0.717) is 27.2 Å². The summed E-state index contributed by atoms with van der Waals surface area (Å²) in [5, 5.41) is 9.21. The third kappa shape index (κ3) is 4.16. The van der Waals surface area contributed by atoms with Gasteiger partial charge < -0.3 is 4.74 Å². The molecule has 4 rings (SSSR count). The van der Waals surface area contributed by atoms with E-state index in [0.717, 1.165) is 11.1 Å². The molecule has 0 saturated heterocycles. The molecule has 2 unspecified atom stereocenters. The summed E-state index contributed by atoms with van der Waals surface area (Å²) in [4.78, 5) is 25.3. The SMILES string of the molecule is CC1=NNC(=O)C1C(c1ccccc1OCc1ccc(Cl)cc1Cl)C1C(=O)NN=C1C. The van der Waals surface area contributed by atoms with Gasteiger partial charge in [-0.3, -0.25) is 9.59 Å². The average Bonchev–Trinajstić information content (AvgIpc) is 3.25. The van der Waals surface area contributed by atoms with E-state index in [1.165, 1.54) is 0 Å². The fourth-order valence-corrected chi connectivity index (χ4v) is 4.49. The lowest BCUT2D eigenvalue weighted by atomic mass is 9.73. The molecule has 0 radical (unpaired) electrons. The van der Waals surface area contributed by atoms with E-state index in [-0.39, 0.29) is 18.4 Å². The maximum absolute atomic E-state index is 12.7. The van der Waals surface area contributed by atoms with E-state index in [1.54, 1.807) is 32.0 Å². The topological polar surface area (TPSA) is 92.1 Å². The zero-order valence-electron chi connectivity index (χ0n) is 16.9. The lowest BCUT2D eigenvalue weighted by Gasteiger charge is -2.28. The molecule has 0 fully saturated rings. The Kier molecular flexibility index (Phi) is 5.98. The first-order valence-corrected chi connectivity index (χ1v) is 10.5. The molecule has 2 amide bonds. The molecular weight excluding hydrogens is 439 g/mol. The van der Waals surface area contributed by atoms with Crippen molar-refractivity contribution in [2.75, 3.05) is 0 Å². The lowest BCUT2D eigenvalue weighted by molar-refractivity contribution is -0.125. The van der Waals surface area contributed by atoms with Gasteiger partial charge in [-0.05, 0) is 37.6 Å². The number of hydrogen-bond acceptors (Lipinski definition) is 5. The number of benzene rings is 2. The average molecular weight is 459 g/mol. The molecule has 160 valence electrons. The van der Waals surface area contributed by atoms with Crippen LogP contribution in [0.1, 0.15) is 30.9 Å². The largest absolute Gasteiger partial charge is 0.489 e. The standard InChI is InChI=1S/C22H20Cl2N4O3/c1-11-18(21(29)27-25-11)20(19-12(2)26-28-22(19)30)15-5-3-4-6-17(15)31-10-13-7-8-14(23)9-16(13)24/h3-9,18-20H,10H2,1-2H3,(H,27,29)(H,28,30). The predicted molar refractivity (Wildman–Crippen MR) is 119 cm³/mol. The summed E-state index contributed by atoms with van der Waals surface area (Å²) in [6.45, 7) is 3.74. The molecule has 7 nitrogen and oxygen atoms in total. The number of ether oxygens (including phenoxy) is 1. The first-order valence-electron chi connectivity index (χ1n) is 9.70. The summed E-state index contributed by atoms with van der Waals surface area (Å²) < 4.78 is 6.11. The molecule has 0 saturated carbocycles. The second kappa shape index (κ2) is 8.69. The lowest BCUT2D eigenvalue weighted by Crippen LogP contribution is -2.38. The van der Waals surface area contributed by atoms with E-state index in [9.17, 15) is 9.59 Å². The van der Waals surface area contributed by atoms with Crippen molar-refractivity contribution in [2.45, 2.75) is 26.4 Å². The molecule has 0 aromatic heterocycles. The van der Waals surface area contributed by atoms with Gasteiger partial charge in [0.1, 0.15) is 12.4 Å². The second-order valence-electron chi connectivity index (χ2n) is 7.50. The first kappa shape index (κ1) is 21.3. The minimum absolute atomic E-state index is 0.202. The number of amides is 2. The van der Waals surface area contributed by atoms with Crippen LogP contribution in [0.4, 0.5) is 0 Å². The number of halogens is 2. The molecular formula is C22H20Cl2N4O3. The number of hydrogen-bond donors (Lipinski definition) is 2. The molecule has 2 aliphatic heterocycles. The number of nitrogens with zero attached hydrogens (tertiary/aromatic N) is 2. The van der Waals surface area contributed by atoms with Crippen molar-refractivity contribution in [3.8, 4) is 5.75 Å². The molecule has 2 atom stereocenters. The van der Waals surface area contributed by atoms with Gasteiger partial charge in [0.05, 0.1) is 11.8 Å². The van der Waals surface area contributed by atoms with Crippen LogP contribution < -0.4 is 15.6 Å². The highest BCUT2D eigenvalue weighted by Crippen LogP contribution is 2.41. The van der Waals surface area contributed by atoms with Gasteiger partial charge in [-0.2, -0.15) is 10.2 Å². The van der Waals surface area contributed by atoms with Gasteiger partial charge in [0.25, 0.3) is 0 Å². The molecule has 0 spiro atoms. The maximum atomic E-state index is 12.7. The molecule has 0 aliphatic carbocycles. The van der Waals surface area contributed by atoms with Crippen LogP contribution in [-0.4, -0.2) is 23.2 Å². The van der Waals surface area contributed by atoms with Crippen LogP contribution >= 0.6 is 23.2 Å². The van der Waals surface area contributed by atoms with Crippen molar-refractivity contribution in [3.63, 3.8) is 0 Å². The van der Waals surface area contributed by atoms with Gasteiger partial charge in [-0.25, -0.2) is 10.9 Å². The highest BCUT2D eigenvalue weighted by atomic mass is 35.5. The van der Waals surface area contributed by atoms with Gasteiger partial charge in [0.15, 0.2) is 0 Å². The van der Waals surface area contributed by atoms with Crippen LogP contribution in [0.15, 0.2) is 52.7 Å². The zero-order chi connectivity index (χ0) is 22.1. The van der Waals surface area contributed by atoms with Crippen molar-refractivity contribution in [1.82, 2.24) is 10.9 Å². The second-order valence-corrected chi connectivity index (χ2v) is 8.35. The smallest absolute Gasteiger partial charge is 0.249 e. The fraction of sp³-hybridized carbons (Fsp3) is 0.273. The molecule has 2 aromatic carbocycles. The summed E-state index contributed by atoms with van der Waals surface area (Å²) in [5.74, 6) is -1.74. The van der Waals surface area contributed by atoms with Crippen LogP contribution in [-0.2, 0) is 16.2 Å². The molecule has 2 heterocycles. The van der Waals surface area contributed by atoms with Crippen molar-refractivity contribution in [2.24, 2.45) is 22.0 Å². The van der Waals surface area contributed by atoms with E-state index in [4.69, 9.17) is 27.9 Å². The molecule has 2 aromatic rings. The summed E-state index contributed by atoms with van der Waals surface area (Å²) in [6.07, 6.45) is 0. The van der Waals surface area contributed by atoms with Gasteiger partial charge in [0.2, 0.25) is 11.8 Å². The van der Waals surface area contributed by atoms with Gasteiger partial charge >= 0.3 is 0 Å². The zero-order valence-corrected chi connectivity index (χ0v) is 18.4. The van der Waals surface area contributed by atoms with E-state index in [1.807, 2.05) is 24.3 Å². The molecule has 9 heteroatoms. The van der Waals surface area contributed by atoms with Crippen molar-refractivity contribution < 1.29 is 14.3 Å². The monoisotopic (exact) mass is 458 g/mol. The summed E-state index contributed by atoms with van der Waals surface area (Å²) in [5.41, 5.74) is 7.75. The number of carbonyl (C=O) groups is 2. The molecule has 2 N–H and O–H groups in total. The quantitative estimate of drug-likeness (QED) is 0.687. The van der Waals surface area contributed by atoms with Gasteiger partial charge in [-0.15, -0.1) is 0 Å². The van der Waals surface area contributed by atoms with Crippen molar-refractivity contribution in [1.29, 1.82) is 0 Å². The highest BCUT2D eigenvalue weighted by Gasteiger charge is 2.46. The number of para-hydroxylation sites is 1. The Labute approximate surface area is 189 Å². The van der Waals surface area contributed by atoms with Crippen molar-refractivity contribution >= 4 is 46.4 Å². The third-order valence-electron chi connectivity index (χ3n) is 5.54. The Hall–Kier alpha value is -2.90. The van der Waals surface area contributed by atoms with Crippen LogP contribution in [0.2, 0.25) is 10.0 Å². The molecule has 31 heavy (non-hydrogen) atoms. The van der Waals surface area contributed by atoms with Crippen molar-refractivity contribution in [3.05, 3.63) is 63.6 Å². The first-order chi connectivity index (χ1) is 14.9. The minimum atomic E-state index is -0.622. The summed E-state index contributed by atoms with van der Waals surface area (Å²) >= 11 is 12.3. The van der Waals surface area contributed by atoms with E-state index >= 15 is 0 Å². The van der Waals surface area contributed by atoms with Crippen LogP contribution in [0, 0.1) is 11.8 Å². The molecule has 2 aliphatic rings. The Balaban J connectivity index is 1.72. The minimum Gasteiger partial charge on any atom is -0.489 e. The molecule has 0 bridgehead atoms. The Bertz CT molecular complexity index is 1080. The van der Waals surface area contributed by atoms with Crippen LogP contribution in [0.5, 0.6) is 5.75 Å². The van der Waals surface area contributed by atoms with E-state index < -0.39 is 17.8 Å². The maximum Gasteiger partial charge on any atom is 0.249 e. The number of rotatable bonds is 6. The normalized spacial score (nSPS) is 21.3. The predicted octanol–water partition coefficient (Wildman–Crippen LogP) is 3.90. The summed E-state index contributed by atoms with van der Waals surface area (Å²) in [7, 11) is 0. The number of carbonyl (C=O) groups excluding carboxylic acids is 2. The Morgan fingerprint density at radius 3 is 2.13 bits per heavy atom. The van der Waals surface area contributed by atoms with Gasteiger partial charge in [0, 0.05) is 32.9 Å². The Morgan fingerprint density at radius 2 is 1.58 bits per heavy atom. The number of nitrogens with one attached hydrogen (secondary N) is 2. The highest BCUT2D eigenvalue weighted by molar-refractivity contribution is 6.35. The van der Waals surface area contributed by atoms with Crippen LogP contribution in [0.25, 0.3) is 0 Å². The van der Waals surface area contributed by atoms with Crippen LogP contribution in [0.3, 0.4) is 0 Å². The van der Waals surface area contributed by atoms with E-state index in [2.05, 4.69) is 21.1 Å². The number of hydrazone groups is 2. The third-order valence-corrected chi connectivity index (χ3v) is 6.13. The fourth-order valence-electron chi connectivity index (χ4n) is 4.02. The van der Waals surface area contributed by atoms with Gasteiger partial charge in [-0.1, -0.05) is 47.5 Å². The summed E-state index contributed by atoms with van der Waals surface area (Å²) in [6, 6.07) is 12.6.